The number of hydrogen-bond acceptors (Lipinski definition) is 6. The Bertz CT molecular complexity index is 1290. The first kappa shape index (κ1) is 21.0. The Labute approximate surface area is 196 Å². The van der Waals surface area contributed by atoms with Crippen molar-refractivity contribution < 1.29 is 14.4 Å². The van der Waals surface area contributed by atoms with Crippen LogP contribution in [0.2, 0.25) is 0 Å². The van der Waals surface area contributed by atoms with Crippen LogP contribution in [-0.4, -0.2) is 61.3 Å². The first-order valence-electron chi connectivity index (χ1n) is 11.8. The molecular weight excluding hydrogens is 432 g/mol. The maximum Gasteiger partial charge on any atom is 0.255 e. The topological polar surface area (TPSA) is 99.9 Å². The average molecular weight is 459 g/mol. The minimum atomic E-state index is -0.570. The highest BCUT2D eigenvalue weighted by atomic mass is 16.2. The van der Waals surface area contributed by atoms with Gasteiger partial charge in [0.05, 0.1) is 6.20 Å². The highest BCUT2D eigenvalue weighted by Crippen LogP contribution is 2.33. The lowest BCUT2D eigenvalue weighted by molar-refractivity contribution is -0.136. The van der Waals surface area contributed by atoms with E-state index < -0.39 is 6.04 Å². The fraction of sp³-hybridized carbons (Fsp3) is 0.400. The number of likely N-dealkylation sites (tertiary alicyclic amines) is 1. The van der Waals surface area contributed by atoms with Crippen molar-refractivity contribution in [2.75, 3.05) is 13.1 Å². The SMILES string of the molecule is O=C1CCC(N2Cc3cc(C4CCN(Cc5cnc6ccnn6c5)CC4)ccc3C2=O)C(=O)N1. The molecule has 9 nitrogen and oxygen atoms in total. The van der Waals surface area contributed by atoms with Crippen molar-refractivity contribution >= 4 is 23.4 Å². The van der Waals surface area contributed by atoms with Crippen molar-refractivity contribution in [2.24, 2.45) is 0 Å². The first-order valence-corrected chi connectivity index (χ1v) is 11.8. The first-order chi connectivity index (χ1) is 16.5. The minimum Gasteiger partial charge on any atom is -0.322 e. The molecule has 1 atom stereocenters. The third-order valence-electron chi connectivity index (χ3n) is 7.31. The largest absolute Gasteiger partial charge is 0.322 e. The number of hydrogen-bond donors (Lipinski definition) is 1. The molecule has 6 rings (SSSR count). The molecule has 0 radical (unpaired) electrons. The van der Waals surface area contributed by atoms with Crippen LogP contribution in [0, 0.1) is 0 Å². The Kier molecular flexibility index (Phi) is 5.13. The molecule has 2 fully saturated rings. The molecule has 0 saturated carbocycles. The lowest BCUT2D eigenvalue weighted by atomic mass is 9.88. The average Bonchev–Trinajstić information content (AvgIpc) is 3.43. The highest BCUT2D eigenvalue weighted by Gasteiger charge is 2.39. The number of carbonyl (C=O) groups is 3. The number of piperidine rings is 2. The van der Waals surface area contributed by atoms with E-state index in [1.54, 1.807) is 11.1 Å². The highest BCUT2D eigenvalue weighted by molar-refractivity contribution is 6.05. The van der Waals surface area contributed by atoms with E-state index in [0.29, 0.717) is 24.4 Å². The molecule has 3 amide bonds. The molecule has 3 aromatic rings. The van der Waals surface area contributed by atoms with Gasteiger partial charge in [0.1, 0.15) is 6.04 Å². The predicted octanol–water partition coefficient (Wildman–Crippen LogP) is 1.87. The van der Waals surface area contributed by atoms with Gasteiger partial charge in [-0.3, -0.25) is 24.6 Å². The molecule has 34 heavy (non-hydrogen) atoms. The van der Waals surface area contributed by atoms with E-state index >= 15 is 0 Å². The van der Waals surface area contributed by atoms with Crippen LogP contribution in [0.1, 0.15) is 58.6 Å². The van der Waals surface area contributed by atoms with E-state index in [1.807, 2.05) is 29.0 Å². The standard InChI is InChI=1S/C25H26N6O3/c32-23-4-3-21(24(33)28-23)30-15-19-11-18(1-2-20(19)25(30)34)17-6-9-29(10-7-17)13-16-12-26-22-5-8-27-31(22)14-16/h1-2,5,8,11-12,14,17,21H,3-4,6-7,9-10,13,15H2,(H,28,32,33). The van der Waals surface area contributed by atoms with Crippen molar-refractivity contribution in [1.82, 2.24) is 29.7 Å². The van der Waals surface area contributed by atoms with Gasteiger partial charge in [0, 0.05) is 49.1 Å². The molecule has 174 valence electrons. The van der Waals surface area contributed by atoms with Gasteiger partial charge in [0.25, 0.3) is 5.91 Å². The zero-order valence-electron chi connectivity index (χ0n) is 18.8. The van der Waals surface area contributed by atoms with Crippen molar-refractivity contribution in [3.63, 3.8) is 0 Å². The van der Waals surface area contributed by atoms with Gasteiger partial charge >= 0.3 is 0 Å². The zero-order valence-corrected chi connectivity index (χ0v) is 18.8. The normalized spacial score (nSPS) is 21.8. The summed E-state index contributed by atoms with van der Waals surface area (Å²) in [6.07, 6.45) is 8.49. The van der Waals surface area contributed by atoms with Gasteiger partial charge in [-0.2, -0.15) is 5.10 Å². The second kappa shape index (κ2) is 8.32. The number of amides is 3. The van der Waals surface area contributed by atoms with Crippen LogP contribution in [0.3, 0.4) is 0 Å². The van der Waals surface area contributed by atoms with E-state index in [0.717, 1.165) is 49.2 Å². The summed E-state index contributed by atoms with van der Waals surface area (Å²) in [6, 6.07) is 7.45. The molecule has 0 aliphatic carbocycles. The summed E-state index contributed by atoms with van der Waals surface area (Å²) in [5.41, 5.74) is 4.92. The van der Waals surface area contributed by atoms with Gasteiger partial charge in [0.2, 0.25) is 11.8 Å². The van der Waals surface area contributed by atoms with E-state index in [1.165, 1.54) is 5.56 Å². The number of imide groups is 1. The summed E-state index contributed by atoms with van der Waals surface area (Å²) in [7, 11) is 0. The van der Waals surface area contributed by atoms with Gasteiger partial charge in [-0.25, -0.2) is 9.50 Å². The second-order valence-electron chi connectivity index (χ2n) is 9.46. The van der Waals surface area contributed by atoms with Crippen molar-refractivity contribution in [3.8, 4) is 0 Å². The number of fused-ring (bicyclic) bond motifs is 2. The Balaban J connectivity index is 1.10. The maximum absolute atomic E-state index is 12.9. The van der Waals surface area contributed by atoms with Gasteiger partial charge in [-0.15, -0.1) is 0 Å². The number of carbonyl (C=O) groups excluding carboxylic acids is 3. The van der Waals surface area contributed by atoms with Gasteiger partial charge in [0.15, 0.2) is 5.65 Å². The number of nitrogens with one attached hydrogen (secondary N) is 1. The van der Waals surface area contributed by atoms with Crippen molar-refractivity contribution in [2.45, 2.75) is 50.7 Å². The minimum absolute atomic E-state index is 0.117. The summed E-state index contributed by atoms with van der Waals surface area (Å²) in [5.74, 6) is -0.300. The van der Waals surface area contributed by atoms with Crippen LogP contribution < -0.4 is 5.32 Å². The van der Waals surface area contributed by atoms with Crippen LogP contribution >= 0.6 is 0 Å². The second-order valence-corrected chi connectivity index (χ2v) is 9.46. The third kappa shape index (κ3) is 3.75. The van der Waals surface area contributed by atoms with Gasteiger partial charge in [-0.1, -0.05) is 12.1 Å². The third-order valence-corrected chi connectivity index (χ3v) is 7.31. The van der Waals surface area contributed by atoms with E-state index in [9.17, 15) is 14.4 Å². The van der Waals surface area contributed by atoms with Crippen LogP contribution in [0.25, 0.3) is 5.65 Å². The fourth-order valence-electron chi connectivity index (χ4n) is 5.46. The molecule has 1 aromatic carbocycles. The lowest BCUT2D eigenvalue weighted by Crippen LogP contribution is -2.52. The summed E-state index contributed by atoms with van der Waals surface area (Å²) in [6.45, 7) is 3.28. The fourth-order valence-corrected chi connectivity index (χ4v) is 5.46. The molecule has 3 aliphatic rings. The van der Waals surface area contributed by atoms with E-state index in [-0.39, 0.29) is 24.1 Å². The summed E-state index contributed by atoms with van der Waals surface area (Å²) >= 11 is 0. The molecule has 1 unspecified atom stereocenters. The van der Waals surface area contributed by atoms with Crippen LogP contribution in [0.5, 0.6) is 0 Å². The molecule has 1 N–H and O–H groups in total. The number of rotatable bonds is 4. The molecule has 3 aliphatic heterocycles. The number of nitrogens with zero attached hydrogens (tertiary/aromatic N) is 5. The van der Waals surface area contributed by atoms with Crippen LogP contribution in [0.4, 0.5) is 0 Å². The molecule has 2 aromatic heterocycles. The van der Waals surface area contributed by atoms with Gasteiger partial charge in [-0.05, 0) is 55.5 Å². The quantitative estimate of drug-likeness (QED) is 0.599. The Morgan fingerprint density at radius 1 is 1.06 bits per heavy atom. The zero-order chi connectivity index (χ0) is 23.2. The Morgan fingerprint density at radius 2 is 1.91 bits per heavy atom. The molecule has 2 saturated heterocycles. The molecular formula is C25H26N6O3. The predicted molar refractivity (Wildman–Crippen MR) is 123 cm³/mol. The van der Waals surface area contributed by atoms with Crippen LogP contribution in [-0.2, 0) is 22.7 Å². The Morgan fingerprint density at radius 3 is 2.74 bits per heavy atom. The molecule has 9 heteroatoms. The number of aromatic nitrogens is 3. The van der Waals surface area contributed by atoms with E-state index in [4.69, 9.17) is 0 Å². The molecule has 0 bridgehead atoms. The summed E-state index contributed by atoms with van der Waals surface area (Å²) in [4.78, 5) is 45.2. The molecule has 5 heterocycles. The number of benzene rings is 1. The maximum atomic E-state index is 12.9. The van der Waals surface area contributed by atoms with Crippen LogP contribution in [0.15, 0.2) is 42.9 Å². The van der Waals surface area contributed by atoms with E-state index in [2.05, 4.69) is 32.4 Å². The van der Waals surface area contributed by atoms with Gasteiger partial charge < -0.3 is 4.90 Å². The van der Waals surface area contributed by atoms with Crippen molar-refractivity contribution in [1.29, 1.82) is 0 Å². The van der Waals surface area contributed by atoms with Crippen molar-refractivity contribution in [3.05, 3.63) is 65.1 Å². The smallest absolute Gasteiger partial charge is 0.255 e. The monoisotopic (exact) mass is 458 g/mol. The Hall–Kier alpha value is -3.59. The molecule has 0 spiro atoms. The summed E-state index contributed by atoms with van der Waals surface area (Å²) < 4.78 is 1.81. The lowest BCUT2D eigenvalue weighted by Gasteiger charge is -2.32. The summed E-state index contributed by atoms with van der Waals surface area (Å²) in [5, 5.41) is 6.63.